The van der Waals surface area contributed by atoms with Gasteiger partial charge in [-0.15, -0.1) is 12.6 Å². The fraction of sp³-hybridized carbons (Fsp3) is 0.111. The van der Waals surface area contributed by atoms with Gasteiger partial charge in [-0.2, -0.15) is 5.26 Å². The number of carboxylic acid groups (broad SMARTS) is 1. The summed E-state index contributed by atoms with van der Waals surface area (Å²) in [6.07, 6.45) is 0. The highest BCUT2D eigenvalue weighted by Gasteiger charge is 2.14. The molecule has 0 aliphatic rings. The van der Waals surface area contributed by atoms with Crippen LogP contribution in [0.2, 0.25) is 0 Å². The second-order valence-electron chi connectivity index (χ2n) is 2.55. The predicted octanol–water partition coefficient (Wildman–Crippen LogP) is 2.44. The summed E-state index contributed by atoms with van der Waals surface area (Å²) < 4.78 is 0. The summed E-state index contributed by atoms with van der Waals surface area (Å²) in [5.74, 6) is -1.08. The topological polar surface area (TPSA) is 61.1 Å². The van der Waals surface area contributed by atoms with Gasteiger partial charge in [-0.3, -0.25) is 0 Å². The molecule has 0 amide bonds. The first-order valence-corrected chi connectivity index (χ1v) is 5.23. The van der Waals surface area contributed by atoms with Gasteiger partial charge in [0.05, 0.1) is 11.1 Å². The number of nitrogens with zero attached hydrogens (tertiary/aromatic N) is 1. The van der Waals surface area contributed by atoms with Crippen molar-refractivity contribution in [1.82, 2.24) is 0 Å². The van der Waals surface area contributed by atoms with E-state index in [-0.39, 0.29) is 10.5 Å². The lowest BCUT2D eigenvalue weighted by atomic mass is 10.1. The Morgan fingerprint density at radius 2 is 2.29 bits per heavy atom. The molecule has 0 atom stereocenters. The van der Waals surface area contributed by atoms with E-state index in [4.69, 9.17) is 10.4 Å². The Morgan fingerprint density at radius 1 is 1.64 bits per heavy atom. The molecular weight excluding hydrogens is 266 g/mol. The molecule has 1 N–H and O–H groups in total. The molecule has 1 rings (SSSR count). The van der Waals surface area contributed by atoms with Gasteiger partial charge in [-0.05, 0) is 11.6 Å². The Balaban J connectivity index is 3.44. The van der Waals surface area contributed by atoms with Crippen molar-refractivity contribution in [2.24, 2.45) is 0 Å². The highest BCUT2D eigenvalue weighted by atomic mass is 79.9. The first-order valence-electron chi connectivity index (χ1n) is 3.66. The van der Waals surface area contributed by atoms with Crippen LogP contribution in [0.5, 0.6) is 0 Å². The van der Waals surface area contributed by atoms with Crippen LogP contribution in [0.1, 0.15) is 21.5 Å². The van der Waals surface area contributed by atoms with Crippen LogP contribution in [0, 0.1) is 11.3 Å². The average Bonchev–Trinajstić information content (AvgIpc) is 2.16. The zero-order valence-corrected chi connectivity index (χ0v) is 9.47. The Kier molecular flexibility index (Phi) is 3.55. The Hall–Kier alpha value is -0.990. The molecule has 5 heteroatoms. The van der Waals surface area contributed by atoms with Crippen LogP contribution in [0.4, 0.5) is 0 Å². The SMILES string of the molecule is N#Cc1c(CBr)ccc(C(=O)O)c1S. The summed E-state index contributed by atoms with van der Waals surface area (Å²) in [6.45, 7) is 0. The summed E-state index contributed by atoms with van der Waals surface area (Å²) >= 11 is 7.24. The normalized spacial score (nSPS) is 9.50. The number of aromatic carboxylic acids is 1. The summed E-state index contributed by atoms with van der Waals surface area (Å²) in [5, 5.41) is 18.1. The molecule has 0 aliphatic heterocycles. The second-order valence-corrected chi connectivity index (χ2v) is 3.55. The van der Waals surface area contributed by atoms with Crippen molar-refractivity contribution in [3.05, 3.63) is 28.8 Å². The smallest absolute Gasteiger partial charge is 0.336 e. The maximum absolute atomic E-state index is 10.7. The lowest BCUT2D eigenvalue weighted by Crippen LogP contribution is -2.01. The molecule has 14 heavy (non-hydrogen) atoms. The zero-order valence-electron chi connectivity index (χ0n) is 6.99. The van der Waals surface area contributed by atoms with Gasteiger partial charge >= 0.3 is 5.97 Å². The van der Waals surface area contributed by atoms with Gasteiger partial charge in [0, 0.05) is 10.2 Å². The van der Waals surface area contributed by atoms with Crippen molar-refractivity contribution in [3.8, 4) is 6.07 Å². The van der Waals surface area contributed by atoms with Crippen molar-refractivity contribution in [2.75, 3.05) is 0 Å². The van der Waals surface area contributed by atoms with Crippen molar-refractivity contribution in [3.63, 3.8) is 0 Å². The number of carbonyl (C=O) groups is 1. The van der Waals surface area contributed by atoms with E-state index >= 15 is 0 Å². The van der Waals surface area contributed by atoms with Crippen LogP contribution in [0.25, 0.3) is 0 Å². The van der Waals surface area contributed by atoms with E-state index in [1.807, 2.05) is 6.07 Å². The monoisotopic (exact) mass is 271 g/mol. The summed E-state index contributed by atoms with van der Waals surface area (Å²) in [5.41, 5.74) is 1.10. The molecular formula is C9H6BrNO2S. The highest BCUT2D eigenvalue weighted by molar-refractivity contribution is 9.08. The van der Waals surface area contributed by atoms with Gasteiger partial charge in [-0.1, -0.05) is 22.0 Å². The fourth-order valence-electron chi connectivity index (χ4n) is 1.04. The average molecular weight is 272 g/mol. The Morgan fingerprint density at radius 3 is 2.71 bits per heavy atom. The van der Waals surface area contributed by atoms with Gasteiger partial charge in [-0.25, -0.2) is 4.79 Å². The van der Waals surface area contributed by atoms with E-state index < -0.39 is 5.97 Å². The van der Waals surface area contributed by atoms with E-state index in [0.29, 0.717) is 10.9 Å². The van der Waals surface area contributed by atoms with E-state index in [2.05, 4.69) is 28.6 Å². The van der Waals surface area contributed by atoms with Crippen molar-refractivity contribution < 1.29 is 9.90 Å². The molecule has 0 aliphatic carbocycles. The molecule has 0 radical (unpaired) electrons. The maximum atomic E-state index is 10.7. The second kappa shape index (κ2) is 4.49. The third kappa shape index (κ3) is 1.91. The van der Waals surface area contributed by atoms with E-state index in [9.17, 15) is 4.79 Å². The minimum atomic E-state index is -1.08. The lowest BCUT2D eigenvalue weighted by Gasteiger charge is -2.05. The quantitative estimate of drug-likeness (QED) is 0.642. The largest absolute Gasteiger partial charge is 0.478 e. The molecule has 0 saturated carbocycles. The third-order valence-electron chi connectivity index (χ3n) is 1.75. The molecule has 3 nitrogen and oxygen atoms in total. The first kappa shape index (κ1) is 11.1. The summed E-state index contributed by atoms with van der Waals surface area (Å²) in [4.78, 5) is 10.9. The number of nitriles is 1. The van der Waals surface area contributed by atoms with Crippen molar-refractivity contribution in [2.45, 2.75) is 10.2 Å². The standard InChI is InChI=1S/C9H6BrNO2S/c10-3-5-1-2-6(9(12)13)8(14)7(5)4-11/h1-2,14H,3H2,(H,12,13). The van der Waals surface area contributed by atoms with E-state index in [1.54, 1.807) is 6.07 Å². The number of hydrogen-bond acceptors (Lipinski definition) is 3. The molecule has 0 spiro atoms. The van der Waals surface area contributed by atoms with Gasteiger partial charge in [0.1, 0.15) is 6.07 Å². The van der Waals surface area contributed by atoms with Crippen LogP contribution in [-0.2, 0) is 5.33 Å². The molecule has 0 heterocycles. The zero-order chi connectivity index (χ0) is 10.7. The molecule has 0 saturated heterocycles. The van der Waals surface area contributed by atoms with E-state index in [1.165, 1.54) is 6.07 Å². The van der Waals surface area contributed by atoms with Crippen LogP contribution >= 0.6 is 28.6 Å². The maximum Gasteiger partial charge on any atom is 0.336 e. The Labute approximate surface area is 94.9 Å². The molecule has 0 unspecified atom stereocenters. The predicted molar refractivity (Wildman–Crippen MR) is 58.0 cm³/mol. The highest BCUT2D eigenvalue weighted by Crippen LogP contribution is 2.24. The third-order valence-corrected chi connectivity index (χ3v) is 2.82. The number of rotatable bonds is 2. The van der Waals surface area contributed by atoms with Crippen LogP contribution < -0.4 is 0 Å². The summed E-state index contributed by atoms with van der Waals surface area (Å²) in [6, 6.07) is 4.99. The number of alkyl halides is 1. The molecule has 1 aromatic carbocycles. The van der Waals surface area contributed by atoms with Crippen LogP contribution in [0.3, 0.4) is 0 Å². The summed E-state index contributed by atoms with van der Waals surface area (Å²) in [7, 11) is 0. The number of hydrogen-bond donors (Lipinski definition) is 2. The van der Waals surface area contributed by atoms with Gasteiger partial charge in [0.2, 0.25) is 0 Å². The molecule has 0 fully saturated rings. The minimum absolute atomic E-state index is 0.0505. The molecule has 72 valence electrons. The lowest BCUT2D eigenvalue weighted by molar-refractivity contribution is 0.0693. The van der Waals surface area contributed by atoms with E-state index in [0.717, 1.165) is 5.56 Å². The number of carboxylic acids is 1. The van der Waals surface area contributed by atoms with Gasteiger partial charge < -0.3 is 5.11 Å². The van der Waals surface area contributed by atoms with Gasteiger partial charge in [0.15, 0.2) is 0 Å². The number of thiol groups is 1. The number of benzene rings is 1. The van der Waals surface area contributed by atoms with Crippen LogP contribution in [-0.4, -0.2) is 11.1 Å². The van der Waals surface area contributed by atoms with Crippen molar-refractivity contribution >= 4 is 34.5 Å². The van der Waals surface area contributed by atoms with Crippen molar-refractivity contribution in [1.29, 1.82) is 5.26 Å². The molecule has 0 bridgehead atoms. The van der Waals surface area contributed by atoms with Crippen LogP contribution in [0.15, 0.2) is 17.0 Å². The number of halogens is 1. The molecule has 0 aromatic heterocycles. The van der Waals surface area contributed by atoms with Gasteiger partial charge in [0.25, 0.3) is 0 Å². The molecule has 1 aromatic rings. The Bertz CT molecular complexity index is 426. The first-order chi connectivity index (χ1) is 6.61. The minimum Gasteiger partial charge on any atom is -0.478 e. The fourth-order valence-corrected chi connectivity index (χ4v) is 1.87.